The summed E-state index contributed by atoms with van der Waals surface area (Å²) in [6, 6.07) is 0.696. The molecule has 0 amide bonds. The highest BCUT2D eigenvalue weighted by atomic mass is 16.5. The Morgan fingerprint density at radius 1 is 1.43 bits per heavy atom. The van der Waals surface area contributed by atoms with Crippen LogP contribution in [0.15, 0.2) is 0 Å². The van der Waals surface area contributed by atoms with Crippen LogP contribution in [-0.4, -0.2) is 25.8 Å². The maximum Gasteiger partial charge on any atom is 0.0590 e. The first-order valence-corrected chi connectivity index (χ1v) is 6.05. The van der Waals surface area contributed by atoms with Crippen molar-refractivity contribution >= 4 is 0 Å². The Morgan fingerprint density at radius 3 is 2.79 bits per heavy atom. The van der Waals surface area contributed by atoms with Gasteiger partial charge >= 0.3 is 0 Å². The van der Waals surface area contributed by atoms with E-state index >= 15 is 0 Å². The lowest BCUT2D eigenvalue weighted by Crippen LogP contribution is -2.23. The maximum atomic E-state index is 5.91. The van der Waals surface area contributed by atoms with E-state index in [-0.39, 0.29) is 0 Å². The van der Waals surface area contributed by atoms with E-state index in [1.807, 2.05) is 7.05 Å². The van der Waals surface area contributed by atoms with Gasteiger partial charge < -0.3 is 10.1 Å². The quantitative estimate of drug-likeness (QED) is 0.710. The zero-order valence-corrected chi connectivity index (χ0v) is 9.88. The fraction of sp³-hybridized carbons (Fsp3) is 1.00. The Bertz CT molecular complexity index is 149. The van der Waals surface area contributed by atoms with Crippen molar-refractivity contribution < 1.29 is 4.74 Å². The molecule has 14 heavy (non-hydrogen) atoms. The molecule has 1 rings (SSSR count). The Hall–Kier alpha value is -0.0800. The summed E-state index contributed by atoms with van der Waals surface area (Å²) in [4.78, 5) is 0. The molecule has 0 radical (unpaired) electrons. The third-order valence-corrected chi connectivity index (χ3v) is 3.19. The zero-order chi connectivity index (χ0) is 10.4. The van der Waals surface area contributed by atoms with Crippen LogP contribution in [0.25, 0.3) is 0 Å². The van der Waals surface area contributed by atoms with Gasteiger partial charge in [-0.15, -0.1) is 0 Å². The number of ether oxygens (including phenoxy) is 1. The van der Waals surface area contributed by atoms with Gasteiger partial charge in [-0.2, -0.15) is 0 Å². The molecule has 2 heteroatoms. The second-order valence-electron chi connectivity index (χ2n) is 4.65. The topological polar surface area (TPSA) is 21.3 Å². The fourth-order valence-electron chi connectivity index (χ4n) is 2.23. The zero-order valence-electron chi connectivity index (χ0n) is 9.88. The molecular formula is C12H25NO. The van der Waals surface area contributed by atoms with Crippen LogP contribution in [0.4, 0.5) is 0 Å². The van der Waals surface area contributed by atoms with Crippen molar-refractivity contribution in [1.29, 1.82) is 0 Å². The van der Waals surface area contributed by atoms with Gasteiger partial charge in [0.25, 0.3) is 0 Å². The molecule has 0 spiro atoms. The van der Waals surface area contributed by atoms with Gasteiger partial charge in [0.15, 0.2) is 0 Å². The average Bonchev–Trinajstić information content (AvgIpc) is 2.63. The smallest absolute Gasteiger partial charge is 0.0590 e. The second-order valence-corrected chi connectivity index (χ2v) is 4.65. The molecular weight excluding hydrogens is 174 g/mol. The van der Waals surface area contributed by atoms with Crippen LogP contribution in [0.2, 0.25) is 0 Å². The molecule has 0 aromatic rings. The van der Waals surface area contributed by atoms with Crippen LogP contribution in [0.3, 0.4) is 0 Å². The first kappa shape index (κ1) is 12.0. The molecule has 0 bridgehead atoms. The standard InChI is InChI=1S/C12H25NO/c1-4-5-10(2)9-14-12-7-6-11(8-12)13-3/h10-13H,4-9H2,1-3H3. The van der Waals surface area contributed by atoms with Crippen LogP contribution in [0.5, 0.6) is 0 Å². The number of rotatable bonds is 6. The summed E-state index contributed by atoms with van der Waals surface area (Å²) in [5.74, 6) is 0.730. The predicted molar refractivity (Wildman–Crippen MR) is 60.5 cm³/mol. The fourth-order valence-corrected chi connectivity index (χ4v) is 2.23. The van der Waals surface area contributed by atoms with E-state index in [9.17, 15) is 0 Å². The third kappa shape index (κ3) is 3.97. The van der Waals surface area contributed by atoms with E-state index in [2.05, 4.69) is 19.2 Å². The minimum Gasteiger partial charge on any atom is -0.378 e. The molecule has 0 saturated heterocycles. The Kier molecular flexibility index (Phi) is 5.49. The van der Waals surface area contributed by atoms with Crippen molar-refractivity contribution in [1.82, 2.24) is 5.32 Å². The molecule has 0 aromatic heterocycles. The summed E-state index contributed by atoms with van der Waals surface area (Å²) in [5, 5.41) is 3.33. The monoisotopic (exact) mass is 199 g/mol. The molecule has 1 N–H and O–H groups in total. The van der Waals surface area contributed by atoms with E-state index in [1.165, 1.54) is 32.1 Å². The van der Waals surface area contributed by atoms with E-state index in [1.54, 1.807) is 0 Å². The molecule has 2 nitrogen and oxygen atoms in total. The lowest BCUT2D eigenvalue weighted by atomic mass is 10.1. The molecule has 0 aliphatic heterocycles. The first-order valence-electron chi connectivity index (χ1n) is 6.05. The molecule has 0 heterocycles. The molecule has 1 saturated carbocycles. The Morgan fingerprint density at radius 2 is 2.21 bits per heavy atom. The summed E-state index contributed by atoms with van der Waals surface area (Å²) in [6.07, 6.45) is 6.81. The molecule has 0 aromatic carbocycles. The van der Waals surface area contributed by atoms with Crippen LogP contribution in [0.1, 0.15) is 46.0 Å². The van der Waals surface area contributed by atoms with Gasteiger partial charge in [0.2, 0.25) is 0 Å². The summed E-state index contributed by atoms with van der Waals surface area (Å²) in [6.45, 7) is 5.48. The molecule has 1 aliphatic carbocycles. The van der Waals surface area contributed by atoms with Crippen molar-refractivity contribution in [2.75, 3.05) is 13.7 Å². The van der Waals surface area contributed by atoms with Crippen molar-refractivity contribution in [3.8, 4) is 0 Å². The lowest BCUT2D eigenvalue weighted by molar-refractivity contribution is 0.0341. The molecule has 1 fully saturated rings. The summed E-state index contributed by atoms with van der Waals surface area (Å²) in [7, 11) is 2.05. The third-order valence-electron chi connectivity index (χ3n) is 3.19. The summed E-state index contributed by atoms with van der Waals surface area (Å²) in [5.41, 5.74) is 0. The minimum absolute atomic E-state index is 0.520. The van der Waals surface area contributed by atoms with Crippen LogP contribution >= 0.6 is 0 Å². The number of hydrogen-bond donors (Lipinski definition) is 1. The maximum absolute atomic E-state index is 5.91. The SMILES string of the molecule is CCCC(C)COC1CCC(NC)C1. The molecule has 1 aliphatic rings. The summed E-state index contributed by atoms with van der Waals surface area (Å²) >= 11 is 0. The van der Waals surface area contributed by atoms with E-state index in [0.717, 1.165) is 12.5 Å². The number of hydrogen-bond acceptors (Lipinski definition) is 2. The second kappa shape index (κ2) is 6.41. The van der Waals surface area contributed by atoms with E-state index in [4.69, 9.17) is 4.74 Å². The largest absolute Gasteiger partial charge is 0.378 e. The van der Waals surface area contributed by atoms with Crippen LogP contribution in [-0.2, 0) is 4.74 Å². The highest BCUT2D eigenvalue weighted by Crippen LogP contribution is 2.22. The lowest BCUT2D eigenvalue weighted by Gasteiger charge is -2.16. The van der Waals surface area contributed by atoms with E-state index in [0.29, 0.717) is 12.1 Å². The van der Waals surface area contributed by atoms with E-state index < -0.39 is 0 Å². The van der Waals surface area contributed by atoms with Gasteiger partial charge in [0.05, 0.1) is 6.10 Å². The predicted octanol–water partition coefficient (Wildman–Crippen LogP) is 2.58. The van der Waals surface area contributed by atoms with Crippen molar-refractivity contribution in [2.24, 2.45) is 5.92 Å². The van der Waals surface area contributed by atoms with Crippen molar-refractivity contribution in [3.05, 3.63) is 0 Å². The van der Waals surface area contributed by atoms with Gasteiger partial charge in [-0.05, 0) is 38.6 Å². The van der Waals surface area contributed by atoms with Crippen LogP contribution in [0, 0.1) is 5.92 Å². The van der Waals surface area contributed by atoms with Gasteiger partial charge in [-0.1, -0.05) is 20.3 Å². The van der Waals surface area contributed by atoms with Crippen molar-refractivity contribution in [3.63, 3.8) is 0 Å². The number of nitrogens with one attached hydrogen (secondary N) is 1. The van der Waals surface area contributed by atoms with Gasteiger partial charge in [-0.3, -0.25) is 0 Å². The summed E-state index contributed by atoms with van der Waals surface area (Å²) < 4.78 is 5.91. The van der Waals surface area contributed by atoms with Gasteiger partial charge in [0, 0.05) is 12.6 Å². The molecule has 3 atom stereocenters. The normalized spacial score (nSPS) is 29.4. The van der Waals surface area contributed by atoms with Crippen molar-refractivity contribution in [2.45, 2.75) is 58.1 Å². The van der Waals surface area contributed by atoms with Gasteiger partial charge in [0.1, 0.15) is 0 Å². The minimum atomic E-state index is 0.520. The Labute approximate surface area is 88.4 Å². The average molecular weight is 199 g/mol. The molecule has 84 valence electrons. The Balaban J connectivity index is 2.07. The highest BCUT2D eigenvalue weighted by molar-refractivity contribution is 4.80. The molecule has 3 unspecified atom stereocenters. The van der Waals surface area contributed by atoms with Gasteiger partial charge in [-0.25, -0.2) is 0 Å². The first-order chi connectivity index (χ1) is 6.76. The highest BCUT2D eigenvalue weighted by Gasteiger charge is 2.23. The van der Waals surface area contributed by atoms with Crippen LogP contribution < -0.4 is 5.32 Å².